The molecule has 1 aromatic carbocycles. The van der Waals surface area contributed by atoms with Gasteiger partial charge in [0.15, 0.2) is 11.5 Å². The predicted octanol–water partition coefficient (Wildman–Crippen LogP) is 3.94. The predicted molar refractivity (Wildman–Crippen MR) is 124 cm³/mol. The van der Waals surface area contributed by atoms with Crippen molar-refractivity contribution in [2.45, 2.75) is 39.9 Å². The van der Waals surface area contributed by atoms with Crippen LogP contribution in [-0.4, -0.2) is 55.2 Å². The number of carbonyl (C=O) groups excluding carboxylic acids is 2. The monoisotopic (exact) mass is 456 g/mol. The topological polar surface area (TPSA) is 68.3 Å². The van der Waals surface area contributed by atoms with Gasteiger partial charge in [0.05, 0.1) is 36.7 Å². The molecule has 2 unspecified atom stereocenters. The second-order valence-corrected chi connectivity index (χ2v) is 8.75. The van der Waals surface area contributed by atoms with Crippen LogP contribution in [0, 0.1) is 0 Å². The minimum atomic E-state index is -0.328. The molecule has 2 amide bonds. The first-order chi connectivity index (χ1) is 15.4. The molecule has 0 bridgehead atoms. The van der Waals surface area contributed by atoms with Gasteiger partial charge in [0.1, 0.15) is 5.70 Å². The molecule has 0 spiro atoms. The van der Waals surface area contributed by atoms with E-state index in [0.29, 0.717) is 54.8 Å². The summed E-state index contributed by atoms with van der Waals surface area (Å²) in [4.78, 5) is 31.4. The van der Waals surface area contributed by atoms with Gasteiger partial charge in [0.25, 0.3) is 11.8 Å². The molecule has 0 radical (unpaired) electrons. The van der Waals surface area contributed by atoms with E-state index in [1.54, 1.807) is 18.2 Å². The zero-order valence-corrected chi connectivity index (χ0v) is 19.6. The normalized spacial score (nSPS) is 21.5. The minimum Gasteiger partial charge on any atom is -0.490 e. The number of morpholine rings is 1. The Bertz CT molecular complexity index is 1020. The zero-order valence-electron chi connectivity index (χ0n) is 18.8. The van der Waals surface area contributed by atoms with Gasteiger partial charge in [-0.15, -0.1) is 11.3 Å². The summed E-state index contributed by atoms with van der Waals surface area (Å²) < 4.78 is 17.2. The molecule has 2 aliphatic rings. The molecular formula is C24H28N2O5S. The van der Waals surface area contributed by atoms with Crippen LogP contribution in [0.1, 0.15) is 32.6 Å². The van der Waals surface area contributed by atoms with Gasteiger partial charge >= 0.3 is 0 Å². The van der Waals surface area contributed by atoms with Crippen LogP contribution in [0.4, 0.5) is 5.69 Å². The lowest BCUT2D eigenvalue weighted by atomic mass is 10.1. The number of thiophene rings is 1. The molecule has 4 rings (SSSR count). The van der Waals surface area contributed by atoms with Crippen LogP contribution in [0.15, 0.2) is 41.4 Å². The highest BCUT2D eigenvalue weighted by Crippen LogP contribution is 2.40. The van der Waals surface area contributed by atoms with Gasteiger partial charge in [-0.2, -0.15) is 0 Å². The summed E-state index contributed by atoms with van der Waals surface area (Å²) >= 11 is 1.45. The number of imide groups is 1. The van der Waals surface area contributed by atoms with Crippen molar-refractivity contribution in [3.63, 3.8) is 0 Å². The summed E-state index contributed by atoms with van der Waals surface area (Å²) in [5.74, 6) is 0.434. The second-order valence-electron chi connectivity index (χ2n) is 7.81. The van der Waals surface area contributed by atoms with Gasteiger partial charge in [0.2, 0.25) is 0 Å². The van der Waals surface area contributed by atoms with Gasteiger partial charge in [-0.3, -0.25) is 9.59 Å². The average Bonchev–Trinajstić information content (AvgIpc) is 3.35. The number of hydrogen-bond acceptors (Lipinski definition) is 7. The SMILES string of the molecule is CCOc1ccc(N2C(=O)C(c3cccs3)=C(N3CC(C)OC(C)C3)C2=O)cc1OCC. The first kappa shape index (κ1) is 22.4. The quantitative estimate of drug-likeness (QED) is 0.588. The summed E-state index contributed by atoms with van der Waals surface area (Å²) in [5.41, 5.74) is 1.34. The summed E-state index contributed by atoms with van der Waals surface area (Å²) in [5, 5.41) is 1.91. The molecule has 2 atom stereocenters. The molecule has 2 aromatic rings. The molecular weight excluding hydrogens is 428 g/mol. The number of anilines is 1. The van der Waals surface area contributed by atoms with Gasteiger partial charge in [-0.05, 0) is 51.3 Å². The van der Waals surface area contributed by atoms with Crippen molar-refractivity contribution in [1.82, 2.24) is 4.90 Å². The van der Waals surface area contributed by atoms with Gasteiger partial charge < -0.3 is 19.1 Å². The van der Waals surface area contributed by atoms with E-state index in [1.807, 2.05) is 50.1 Å². The van der Waals surface area contributed by atoms with E-state index in [0.717, 1.165) is 4.88 Å². The largest absolute Gasteiger partial charge is 0.490 e. The van der Waals surface area contributed by atoms with Gasteiger partial charge in [0, 0.05) is 24.0 Å². The highest BCUT2D eigenvalue weighted by molar-refractivity contribution is 7.11. The maximum Gasteiger partial charge on any atom is 0.282 e. The molecule has 3 heterocycles. The number of carbonyl (C=O) groups is 2. The molecule has 1 fully saturated rings. The summed E-state index contributed by atoms with van der Waals surface area (Å²) in [6, 6.07) is 8.93. The Kier molecular flexibility index (Phi) is 6.53. The molecule has 0 saturated carbocycles. The highest BCUT2D eigenvalue weighted by Gasteiger charge is 2.44. The summed E-state index contributed by atoms with van der Waals surface area (Å²) in [6.07, 6.45) is -0.0781. The minimum absolute atomic E-state index is 0.0391. The second kappa shape index (κ2) is 9.34. The Morgan fingerprint density at radius 3 is 2.31 bits per heavy atom. The number of amides is 2. The molecule has 2 aliphatic heterocycles. The summed E-state index contributed by atoms with van der Waals surface area (Å²) in [7, 11) is 0. The maximum atomic E-state index is 13.7. The lowest BCUT2D eigenvalue weighted by molar-refractivity contribution is -0.121. The Labute approximate surface area is 192 Å². The van der Waals surface area contributed by atoms with Crippen molar-refractivity contribution in [2.24, 2.45) is 0 Å². The first-order valence-electron chi connectivity index (χ1n) is 10.9. The molecule has 32 heavy (non-hydrogen) atoms. The lowest BCUT2D eigenvalue weighted by Crippen LogP contribution is -2.47. The molecule has 170 valence electrons. The van der Waals surface area contributed by atoms with E-state index in [1.165, 1.54) is 16.2 Å². The number of benzene rings is 1. The van der Waals surface area contributed by atoms with E-state index in [2.05, 4.69) is 0 Å². The number of nitrogens with zero attached hydrogens (tertiary/aromatic N) is 2. The number of ether oxygens (including phenoxy) is 3. The number of rotatable bonds is 7. The van der Waals surface area contributed by atoms with Crippen LogP contribution >= 0.6 is 11.3 Å². The van der Waals surface area contributed by atoms with Gasteiger partial charge in [-0.25, -0.2) is 4.90 Å². The Morgan fingerprint density at radius 2 is 1.69 bits per heavy atom. The van der Waals surface area contributed by atoms with Crippen LogP contribution in [0.25, 0.3) is 5.57 Å². The van der Waals surface area contributed by atoms with Crippen LogP contribution in [0.2, 0.25) is 0 Å². The van der Waals surface area contributed by atoms with E-state index >= 15 is 0 Å². The Morgan fingerprint density at radius 1 is 1.00 bits per heavy atom. The van der Waals surface area contributed by atoms with Crippen molar-refractivity contribution >= 4 is 34.4 Å². The van der Waals surface area contributed by atoms with Crippen molar-refractivity contribution < 1.29 is 23.8 Å². The van der Waals surface area contributed by atoms with Crippen LogP contribution in [-0.2, 0) is 14.3 Å². The molecule has 7 nitrogen and oxygen atoms in total. The van der Waals surface area contributed by atoms with E-state index < -0.39 is 0 Å². The van der Waals surface area contributed by atoms with Crippen LogP contribution < -0.4 is 14.4 Å². The lowest BCUT2D eigenvalue weighted by Gasteiger charge is -2.37. The molecule has 1 saturated heterocycles. The van der Waals surface area contributed by atoms with Crippen LogP contribution in [0.5, 0.6) is 11.5 Å². The third kappa shape index (κ3) is 4.12. The van der Waals surface area contributed by atoms with E-state index in [9.17, 15) is 9.59 Å². The Balaban J connectivity index is 1.77. The molecule has 1 aromatic heterocycles. The fourth-order valence-corrected chi connectivity index (χ4v) is 4.99. The van der Waals surface area contributed by atoms with Crippen molar-refractivity contribution in [1.29, 1.82) is 0 Å². The molecule has 0 aliphatic carbocycles. The third-order valence-corrected chi connectivity index (χ3v) is 6.24. The highest BCUT2D eigenvalue weighted by atomic mass is 32.1. The van der Waals surface area contributed by atoms with Gasteiger partial charge in [-0.1, -0.05) is 6.07 Å². The maximum absolute atomic E-state index is 13.7. The Hall–Kier alpha value is -2.84. The third-order valence-electron chi connectivity index (χ3n) is 5.35. The fraction of sp³-hybridized carbons (Fsp3) is 0.417. The number of hydrogen-bond donors (Lipinski definition) is 0. The molecule has 0 N–H and O–H groups in total. The van der Waals surface area contributed by atoms with Crippen molar-refractivity contribution in [3.8, 4) is 11.5 Å². The molecule has 8 heteroatoms. The van der Waals surface area contributed by atoms with Crippen LogP contribution in [0.3, 0.4) is 0 Å². The standard InChI is InChI=1S/C24H28N2O5S/c1-5-29-18-10-9-17(12-19(18)30-6-2)26-23(27)21(20-8-7-11-32-20)22(24(26)28)25-13-15(3)31-16(4)14-25/h7-12,15-16H,5-6,13-14H2,1-4H3. The average molecular weight is 457 g/mol. The smallest absolute Gasteiger partial charge is 0.282 e. The zero-order chi connectivity index (χ0) is 22.8. The van der Waals surface area contributed by atoms with E-state index in [4.69, 9.17) is 14.2 Å². The fourth-order valence-electron chi connectivity index (χ4n) is 4.23. The van der Waals surface area contributed by atoms with Crippen molar-refractivity contribution in [3.05, 3.63) is 46.3 Å². The van der Waals surface area contributed by atoms with Crippen molar-refractivity contribution in [2.75, 3.05) is 31.2 Å². The van der Waals surface area contributed by atoms with E-state index in [-0.39, 0.29) is 24.0 Å². The summed E-state index contributed by atoms with van der Waals surface area (Å²) in [6.45, 7) is 9.77. The first-order valence-corrected chi connectivity index (χ1v) is 11.8.